The highest BCUT2D eigenvalue weighted by atomic mass is 16.2. The number of likely N-dealkylation sites (tertiary alicyclic amines) is 2. The smallest absolute Gasteiger partial charge is 0.223 e. The molecule has 0 spiro atoms. The van der Waals surface area contributed by atoms with Gasteiger partial charge in [-0.05, 0) is 32.4 Å². The molecule has 2 aliphatic heterocycles. The highest BCUT2D eigenvalue weighted by Crippen LogP contribution is 2.10. The summed E-state index contributed by atoms with van der Waals surface area (Å²) in [6.45, 7) is 4.79. The molecule has 18 heavy (non-hydrogen) atoms. The maximum absolute atomic E-state index is 11.4. The summed E-state index contributed by atoms with van der Waals surface area (Å²) in [6.07, 6.45) is 8.48. The van der Waals surface area contributed by atoms with Gasteiger partial charge in [0.25, 0.3) is 0 Å². The number of carbonyl (C=O) groups excluding carboxylic acids is 1. The molecule has 0 N–H and O–H groups in total. The van der Waals surface area contributed by atoms with Crippen LogP contribution in [0, 0.1) is 11.8 Å². The van der Waals surface area contributed by atoms with Gasteiger partial charge in [-0.1, -0.05) is 31.1 Å². The van der Waals surface area contributed by atoms with E-state index in [1.807, 2.05) is 4.90 Å². The van der Waals surface area contributed by atoms with E-state index in [0.29, 0.717) is 13.0 Å². The Morgan fingerprint density at radius 1 is 0.833 bits per heavy atom. The van der Waals surface area contributed by atoms with Gasteiger partial charge in [-0.15, -0.1) is 0 Å². The van der Waals surface area contributed by atoms with Crippen LogP contribution < -0.4 is 0 Å². The Labute approximate surface area is 111 Å². The Morgan fingerprint density at radius 3 is 2.17 bits per heavy atom. The second kappa shape index (κ2) is 7.43. The third-order valence-electron chi connectivity index (χ3n) is 3.82. The number of rotatable bonds is 2. The quantitative estimate of drug-likeness (QED) is 0.697. The Balaban J connectivity index is 1.68. The lowest BCUT2D eigenvalue weighted by Gasteiger charge is -2.21. The predicted molar refractivity (Wildman–Crippen MR) is 73.1 cm³/mol. The molecular formula is C15H24N2O. The fourth-order valence-corrected chi connectivity index (χ4v) is 2.66. The first-order valence-electron chi connectivity index (χ1n) is 7.32. The summed E-state index contributed by atoms with van der Waals surface area (Å²) in [5.41, 5.74) is 0. The molecule has 0 aliphatic carbocycles. The summed E-state index contributed by atoms with van der Waals surface area (Å²) in [5.74, 6) is 6.66. The average Bonchev–Trinajstić information content (AvgIpc) is 2.72. The molecule has 2 aliphatic rings. The lowest BCUT2D eigenvalue weighted by Crippen LogP contribution is -2.28. The van der Waals surface area contributed by atoms with Gasteiger partial charge in [0, 0.05) is 13.0 Å². The van der Waals surface area contributed by atoms with Crippen molar-refractivity contribution >= 4 is 5.91 Å². The lowest BCUT2D eigenvalue weighted by atomic mass is 10.1. The van der Waals surface area contributed by atoms with Crippen molar-refractivity contribution in [2.24, 2.45) is 0 Å². The minimum atomic E-state index is 0.274. The Bertz CT molecular complexity index is 321. The maximum atomic E-state index is 11.4. The first-order chi connectivity index (χ1) is 8.86. The van der Waals surface area contributed by atoms with Crippen molar-refractivity contribution in [3.63, 3.8) is 0 Å². The molecule has 0 unspecified atom stereocenters. The van der Waals surface area contributed by atoms with Crippen molar-refractivity contribution in [3.8, 4) is 11.8 Å². The minimum Gasteiger partial charge on any atom is -0.332 e. The van der Waals surface area contributed by atoms with Gasteiger partial charge in [0.2, 0.25) is 5.91 Å². The molecule has 2 saturated heterocycles. The van der Waals surface area contributed by atoms with E-state index in [1.54, 1.807) is 0 Å². The number of hydrogen-bond donors (Lipinski definition) is 0. The zero-order valence-corrected chi connectivity index (χ0v) is 11.3. The largest absolute Gasteiger partial charge is 0.332 e. The van der Waals surface area contributed by atoms with Gasteiger partial charge in [0.1, 0.15) is 0 Å². The summed E-state index contributed by atoms with van der Waals surface area (Å²) in [6, 6.07) is 0. The van der Waals surface area contributed by atoms with Gasteiger partial charge < -0.3 is 4.90 Å². The molecule has 0 aromatic carbocycles. The third-order valence-corrected chi connectivity index (χ3v) is 3.82. The highest BCUT2D eigenvalue weighted by Gasteiger charge is 2.18. The van der Waals surface area contributed by atoms with E-state index in [9.17, 15) is 4.79 Å². The summed E-state index contributed by atoms with van der Waals surface area (Å²) < 4.78 is 0. The lowest BCUT2D eigenvalue weighted by molar-refractivity contribution is -0.127. The average molecular weight is 248 g/mol. The van der Waals surface area contributed by atoms with Crippen LogP contribution in [0.3, 0.4) is 0 Å². The molecule has 0 atom stereocenters. The van der Waals surface area contributed by atoms with Crippen molar-refractivity contribution in [1.29, 1.82) is 0 Å². The van der Waals surface area contributed by atoms with Crippen LogP contribution >= 0.6 is 0 Å². The zero-order chi connectivity index (χ0) is 12.6. The maximum Gasteiger partial charge on any atom is 0.223 e. The van der Waals surface area contributed by atoms with Crippen LogP contribution in [0.25, 0.3) is 0 Å². The second-order valence-corrected chi connectivity index (χ2v) is 5.32. The van der Waals surface area contributed by atoms with Crippen molar-refractivity contribution in [2.75, 3.05) is 32.7 Å². The molecule has 0 saturated carbocycles. The molecule has 0 bridgehead atoms. The van der Waals surface area contributed by atoms with Crippen molar-refractivity contribution in [3.05, 3.63) is 0 Å². The second-order valence-electron chi connectivity index (χ2n) is 5.32. The molecule has 3 heteroatoms. The first kappa shape index (κ1) is 13.4. The van der Waals surface area contributed by atoms with Crippen LogP contribution in [0.5, 0.6) is 0 Å². The minimum absolute atomic E-state index is 0.274. The molecule has 100 valence electrons. The molecule has 2 fully saturated rings. The summed E-state index contributed by atoms with van der Waals surface area (Å²) in [5, 5.41) is 0. The number of nitrogens with zero attached hydrogens (tertiary/aromatic N) is 2. The summed E-state index contributed by atoms with van der Waals surface area (Å²) >= 11 is 0. The van der Waals surface area contributed by atoms with E-state index in [-0.39, 0.29) is 5.91 Å². The molecule has 0 aromatic rings. The molecule has 2 rings (SSSR count). The van der Waals surface area contributed by atoms with Gasteiger partial charge in [0.15, 0.2) is 0 Å². The van der Waals surface area contributed by atoms with E-state index >= 15 is 0 Å². The van der Waals surface area contributed by atoms with Gasteiger partial charge >= 0.3 is 0 Å². The SMILES string of the molecule is O=C1CCCN1CC#CCN1CCCCCCC1. The number of amides is 1. The first-order valence-corrected chi connectivity index (χ1v) is 7.32. The van der Waals surface area contributed by atoms with Crippen LogP contribution in [-0.2, 0) is 4.79 Å². The van der Waals surface area contributed by atoms with Crippen molar-refractivity contribution < 1.29 is 4.79 Å². The Kier molecular flexibility index (Phi) is 5.54. The van der Waals surface area contributed by atoms with E-state index in [0.717, 1.165) is 19.5 Å². The molecule has 0 aromatic heterocycles. The number of carbonyl (C=O) groups is 1. The molecule has 2 heterocycles. The number of hydrogen-bond acceptors (Lipinski definition) is 2. The molecular weight excluding hydrogens is 224 g/mol. The highest BCUT2D eigenvalue weighted by molar-refractivity contribution is 5.78. The van der Waals surface area contributed by atoms with Crippen molar-refractivity contribution in [2.45, 2.75) is 44.9 Å². The van der Waals surface area contributed by atoms with Crippen LogP contribution in [0.15, 0.2) is 0 Å². The van der Waals surface area contributed by atoms with E-state index < -0.39 is 0 Å². The molecule has 0 radical (unpaired) electrons. The fraction of sp³-hybridized carbons (Fsp3) is 0.800. The summed E-state index contributed by atoms with van der Waals surface area (Å²) in [4.78, 5) is 15.7. The molecule has 1 amide bonds. The van der Waals surface area contributed by atoms with E-state index in [4.69, 9.17) is 0 Å². The third kappa shape index (κ3) is 4.34. The van der Waals surface area contributed by atoms with Gasteiger partial charge in [-0.3, -0.25) is 9.69 Å². The van der Waals surface area contributed by atoms with E-state index in [2.05, 4.69) is 16.7 Å². The normalized spacial score (nSPS) is 22.2. The standard InChI is InChI=1S/C15H24N2O/c18-15-9-8-14-17(15)13-7-6-12-16-10-4-2-1-3-5-11-16/h1-5,8-14H2. The van der Waals surface area contributed by atoms with Crippen molar-refractivity contribution in [1.82, 2.24) is 9.80 Å². The summed E-state index contributed by atoms with van der Waals surface area (Å²) in [7, 11) is 0. The van der Waals surface area contributed by atoms with Crippen LogP contribution in [0.4, 0.5) is 0 Å². The van der Waals surface area contributed by atoms with Gasteiger partial charge in [0.05, 0.1) is 13.1 Å². The van der Waals surface area contributed by atoms with Crippen LogP contribution in [-0.4, -0.2) is 48.4 Å². The Morgan fingerprint density at radius 2 is 1.50 bits per heavy atom. The van der Waals surface area contributed by atoms with Gasteiger partial charge in [-0.2, -0.15) is 0 Å². The fourth-order valence-electron chi connectivity index (χ4n) is 2.66. The van der Waals surface area contributed by atoms with Crippen LogP contribution in [0.2, 0.25) is 0 Å². The zero-order valence-electron chi connectivity index (χ0n) is 11.3. The topological polar surface area (TPSA) is 23.6 Å². The Hall–Kier alpha value is -1.01. The monoisotopic (exact) mass is 248 g/mol. The predicted octanol–water partition coefficient (Wildman–Crippen LogP) is 1.88. The van der Waals surface area contributed by atoms with Crippen LogP contribution in [0.1, 0.15) is 44.9 Å². The molecule has 3 nitrogen and oxygen atoms in total. The van der Waals surface area contributed by atoms with E-state index in [1.165, 1.54) is 45.2 Å². The van der Waals surface area contributed by atoms with Gasteiger partial charge in [-0.25, -0.2) is 0 Å².